The molecule has 0 aliphatic rings. The molecule has 0 aromatic heterocycles. The summed E-state index contributed by atoms with van der Waals surface area (Å²) in [6, 6.07) is 0. The fourth-order valence-corrected chi connectivity index (χ4v) is 0.499. The van der Waals surface area contributed by atoms with Crippen LogP contribution < -0.4 is 0 Å². The van der Waals surface area contributed by atoms with Crippen molar-refractivity contribution in [1.29, 1.82) is 0 Å². The van der Waals surface area contributed by atoms with E-state index in [0.29, 0.717) is 6.54 Å². The van der Waals surface area contributed by atoms with Crippen molar-refractivity contribution >= 4 is 0 Å². The van der Waals surface area contributed by atoms with Crippen LogP contribution in [0.15, 0.2) is 10.4 Å². The molecule has 0 amide bonds. The summed E-state index contributed by atoms with van der Waals surface area (Å²) in [5.74, 6) is 0. The van der Waals surface area contributed by atoms with Crippen LogP contribution in [0.5, 0.6) is 0 Å². The summed E-state index contributed by atoms with van der Waals surface area (Å²) in [5, 5.41) is 14.1. The van der Waals surface area contributed by atoms with Crippen molar-refractivity contribution in [3.63, 3.8) is 0 Å². The number of rotatable bonds is 5. The molecule has 0 fully saturated rings. The molecule has 1 N–H and O–H groups in total. The van der Waals surface area contributed by atoms with Gasteiger partial charge in [0.25, 0.3) is 0 Å². The van der Waals surface area contributed by atoms with Crippen LogP contribution in [-0.2, 0) is 4.99 Å². The molecule has 0 aliphatic heterocycles. The van der Waals surface area contributed by atoms with Crippen molar-refractivity contribution in [2.75, 3.05) is 6.54 Å². The number of hydrogen-bond acceptors (Lipinski definition) is 4. The van der Waals surface area contributed by atoms with E-state index in [0.717, 1.165) is 19.3 Å². The first-order valence-electron chi connectivity index (χ1n) is 3.09. The van der Waals surface area contributed by atoms with Crippen LogP contribution in [0.2, 0.25) is 0 Å². The van der Waals surface area contributed by atoms with Crippen molar-refractivity contribution in [3.05, 3.63) is 0 Å². The third-order valence-electron chi connectivity index (χ3n) is 0.956. The second-order valence-electron chi connectivity index (χ2n) is 1.74. The lowest BCUT2D eigenvalue weighted by Gasteiger charge is -1.88. The highest BCUT2D eigenvalue weighted by atomic mass is 17.2. The highest BCUT2D eigenvalue weighted by Crippen LogP contribution is 1.93. The Morgan fingerprint density at radius 2 is 2.22 bits per heavy atom. The molecule has 0 aromatic rings. The topological polar surface area (TPSA) is 54.2 Å². The molecule has 0 atom stereocenters. The first kappa shape index (κ1) is 8.36. The molecule has 0 saturated heterocycles. The average molecular weight is 132 g/mol. The Kier molecular flexibility index (Phi) is 6.84. The Labute approximate surface area is 54.4 Å². The molecule has 4 heteroatoms. The second-order valence-corrected chi connectivity index (χ2v) is 1.74. The minimum Gasteiger partial charge on any atom is -0.203 e. The van der Waals surface area contributed by atoms with Crippen LogP contribution in [0.1, 0.15) is 26.2 Å². The molecule has 4 nitrogen and oxygen atoms in total. The smallest absolute Gasteiger partial charge is 0.0636 e. The fraction of sp³-hybridized carbons (Fsp3) is 1.00. The van der Waals surface area contributed by atoms with Crippen molar-refractivity contribution in [2.45, 2.75) is 26.2 Å². The molecule has 0 bridgehead atoms. The summed E-state index contributed by atoms with van der Waals surface area (Å²) in [5.41, 5.74) is 0. The lowest BCUT2D eigenvalue weighted by Crippen LogP contribution is -1.78. The van der Waals surface area contributed by atoms with Gasteiger partial charge in [0.1, 0.15) is 0 Å². The predicted octanol–water partition coefficient (Wildman–Crippen LogP) is 2.03. The van der Waals surface area contributed by atoms with Gasteiger partial charge >= 0.3 is 0 Å². The first-order valence-corrected chi connectivity index (χ1v) is 3.09. The molecular weight excluding hydrogens is 120 g/mol. The van der Waals surface area contributed by atoms with Gasteiger partial charge in [0, 0.05) is 0 Å². The first-order chi connectivity index (χ1) is 4.41. The van der Waals surface area contributed by atoms with Crippen LogP contribution in [0.3, 0.4) is 0 Å². The van der Waals surface area contributed by atoms with Gasteiger partial charge in [-0.2, -0.15) is 10.4 Å². The molecule has 9 heavy (non-hydrogen) atoms. The Morgan fingerprint density at radius 1 is 1.44 bits per heavy atom. The maximum Gasteiger partial charge on any atom is 0.0636 e. The van der Waals surface area contributed by atoms with E-state index in [4.69, 9.17) is 5.26 Å². The highest BCUT2D eigenvalue weighted by Gasteiger charge is 1.81. The maximum atomic E-state index is 7.66. The number of nitrogens with zero attached hydrogens (tertiary/aromatic N) is 2. The fourth-order valence-electron chi connectivity index (χ4n) is 0.499. The van der Waals surface area contributed by atoms with E-state index in [2.05, 4.69) is 22.3 Å². The van der Waals surface area contributed by atoms with E-state index in [9.17, 15) is 0 Å². The van der Waals surface area contributed by atoms with Crippen LogP contribution >= 0.6 is 0 Å². The summed E-state index contributed by atoms with van der Waals surface area (Å²) in [4.78, 5) is 3.38. The largest absolute Gasteiger partial charge is 0.203 e. The molecule has 0 spiro atoms. The van der Waals surface area contributed by atoms with Gasteiger partial charge in [-0.3, -0.25) is 0 Å². The minimum absolute atomic E-state index is 0.633. The zero-order valence-corrected chi connectivity index (χ0v) is 5.58. The second kappa shape index (κ2) is 7.36. The van der Waals surface area contributed by atoms with Gasteiger partial charge in [0.15, 0.2) is 0 Å². The zero-order valence-electron chi connectivity index (χ0n) is 5.58. The Bertz CT molecular complexity index is 75.4. The van der Waals surface area contributed by atoms with Crippen molar-refractivity contribution < 1.29 is 10.2 Å². The monoisotopic (exact) mass is 132 g/mol. The summed E-state index contributed by atoms with van der Waals surface area (Å²) in [6.45, 7) is 2.74. The van der Waals surface area contributed by atoms with Gasteiger partial charge in [-0.15, -0.1) is 0 Å². The van der Waals surface area contributed by atoms with E-state index >= 15 is 0 Å². The molecular formula is C5H12N2O2. The van der Waals surface area contributed by atoms with E-state index in [1.54, 1.807) is 0 Å². The SMILES string of the molecule is CCCCC/N=N/OO. The van der Waals surface area contributed by atoms with Crippen molar-refractivity contribution in [2.24, 2.45) is 10.4 Å². The van der Waals surface area contributed by atoms with Gasteiger partial charge in [-0.05, 0) is 6.42 Å². The predicted molar refractivity (Wildman–Crippen MR) is 33.0 cm³/mol. The highest BCUT2D eigenvalue weighted by molar-refractivity contribution is 4.38. The quantitative estimate of drug-likeness (QED) is 0.269. The molecule has 0 aromatic carbocycles. The third-order valence-corrected chi connectivity index (χ3v) is 0.956. The minimum atomic E-state index is 0.633. The normalized spacial score (nSPS) is 10.4. The summed E-state index contributed by atoms with van der Waals surface area (Å²) < 4.78 is 0. The van der Waals surface area contributed by atoms with Crippen molar-refractivity contribution in [1.82, 2.24) is 0 Å². The number of unbranched alkanes of at least 4 members (excludes halogenated alkanes) is 2. The van der Waals surface area contributed by atoms with Crippen LogP contribution in [-0.4, -0.2) is 11.8 Å². The maximum absolute atomic E-state index is 7.66. The van der Waals surface area contributed by atoms with Crippen LogP contribution in [0.4, 0.5) is 0 Å². The lowest BCUT2D eigenvalue weighted by atomic mass is 10.3. The lowest BCUT2D eigenvalue weighted by molar-refractivity contribution is -0.251. The molecule has 0 radical (unpaired) electrons. The number of hydrogen-bond donors (Lipinski definition) is 1. The van der Waals surface area contributed by atoms with Gasteiger partial charge in [-0.1, -0.05) is 19.8 Å². The summed E-state index contributed by atoms with van der Waals surface area (Å²) in [6.07, 6.45) is 3.31. The van der Waals surface area contributed by atoms with Crippen LogP contribution in [0, 0.1) is 0 Å². The third kappa shape index (κ3) is 7.36. The Balaban J connectivity index is 2.82. The molecule has 0 saturated carbocycles. The summed E-state index contributed by atoms with van der Waals surface area (Å²) in [7, 11) is 0. The standard InChI is InChI=1S/C5H12N2O2/c1-2-3-4-5-6-7-9-8/h8H,2-5H2,1H3/b7-6+. The average Bonchev–Trinajstić information content (AvgIpc) is 1.89. The van der Waals surface area contributed by atoms with E-state index in [-0.39, 0.29) is 0 Å². The van der Waals surface area contributed by atoms with Gasteiger partial charge < -0.3 is 0 Å². The molecule has 0 heterocycles. The Hall–Kier alpha value is -0.640. The van der Waals surface area contributed by atoms with Crippen molar-refractivity contribution in [3.8, 4) is 0 Å². The zero-order chi connectivity index (χ0) is 6.95. The molecule has 0 unspecified atom stereocenters. The summed E-state index contributed by atoms with van der Waals surface area (Å²) >= 11 is 0. The molecule has 54 valence electrons. The molecule has 0 aliphatic carbocycles. The van der Waals surface area contributed by atoms with E-state index in [1.807, 2.05) is 0 Å². The van der Waals surface area contributed by atoms with Crippen LogP contribution in [0.25, 0.3) is 0 Å². The van der Waals surface area contributed by atoms with E-state index < -0.39 is 0 Å². The Morgan fingerprint density at radius 3 is 2.78 bits per heavy atom. The van der Waals surface area contributed by atoms with E-state index in [1.165, 1.54) is 0 Å². The van der Waals surface area contributed by atoms with Gasteiger partial charge in [0.05, 0.1) is 11.8 Å². The van der Waals surface area contributed by atoms with Gasteiger partial charge in [-0.25, -0.2) is 4.99 Å². The van der Waals surface area contributed by atoms with Gasteiger partial charge in [0.2, 0.25) is 0 Å². The molecule has 0 rings (SSSR count).